The van der Waals surface area contributed by atoms with E-state index in [1.807, 2.05) is 12.1 Å². The molecule has 0 saturated carbocycles. The molecule has 1 fully saturated rings. The van der Waals surface area contributed by atoms with Gasteiger partial charge in [0.25, 0.3) is 0 Å². The lowest BCUT2D eigenvalue weighted by atomic mass is 9.97. The third kappa shape index (κ3) is 3.27. The summed E-state index contributed by atoms with van der Waals surface area (Å²) < 4.78 is 13.4. The molecule has 2 unspecified atom stereocenters. The minimum atomic E-state index is -0.165. The van der Waals surface area contributed by atoms with E-state index in [2.05, 4.69) is 48.4 Å². The van der Waals surface area contributed by atoms with Crippen molar-refractivity contribution in [2.24, 2.45) is 0 Å². The van der Waals surface area contributed by atoms with Crippen molar-refractivity contribution in [2.75, 3.05) is 14.1 Å². The average Bonchev–Trinajstić information content (AvgIpc) is 2.76. The highest BCUT2D eigenvalue weighted by atomic mass is 127. The maximum atomic E-state index is 13.4. The maximum Gasteiger partial charge on any atom is 0.123 e. The summed E-state index contributed by atoms with van der Waals surface area (Å²) in [6, 6.07) is 18.0. The first kappa shape index (κ1) is 16.4. The fourth-order valence-electron chi connectivity index (χ4n) is 3.05. The van der Waals surface area contributed by atoms with Crippen molar-refractivity contribution >= 4 is 24.0 Å². The van der Waals surface area contributed by atoms with Crippen LogP contribution in [0.2, 0.25) is 0 Å². The van der Waals surface area contributed by atoms with E-state index in [-0.39, 0.29) is 35.8 Å². The summed E-state index contributed by atoms with van der Waals surface area (Å²) >= 11 is 0. The number of hydrogen-bond acceptors (Lipinski definition) is 2. The van der Waals surface area contributed by atoms with Crippen LogP contribution in [0.15, 0.2) is 54.6 Å². The smallest absolute Gasteiger partial charge is 0.123 e. The molecule has 0 N–H and O–H groups in total. The van der Waals surface area contributed by atoms with Gasteiger partial charge in [0.1, 0.15) is 5.82 Å². The van der Waals surface area contributed by atoms with Gasteiger partial charge in [0.15, 0.2) is 0 Å². The van der Waals surface area contributed by atoms with E-state index in [0.29, 0.717) is 6.04 Å². The third-order valence-electron chi connectivity index (χ3n) is 4.26. The number of halogens is 2. The lowest BCUT2D eigenvalue weighted by Crippen LogP contribution is -2.32. The lowest BCUT2D eigenvalue weighted by molar-refractivity contribution is 0.0252. The monoisotopic (exact) mass is 398 g/mol. The van der Waals surface area contributed by atoms with Gasteiger partial charge in [-0.15, -0.1) is 24.0 Å². The normalized spacial score (nSPS) is 23.0. The molecule has 112 valence electrons. The summed E-state index contributed by atoms with van der Waals surface area (Å²) in [6.07, 6.45) is 0.973. The Labute approximate surface area is 142 Å². The van der Waals surface area contributed by atoms with E-state index in [1.54, 1.807) is 12.1 Å². The summed E-state index contributed by atoms with van der Waals surface area (Å²) in [6.45, 7) is 0. The number of benzene rings is 2. The number of hydrogen-bond donors (Lipinski definition) is 0. The van der Waals surface area contributed by atoms with E-state index in [1.165, 1.54) is 11.6 Å². The van der Waals surface area contributed by atoms with Gasteiger partial charge in [0, 0.05) is 14.1 Å². The molecule has 21 heavy (non-hydrogen) atoms. The summed E-state index contributed by atoms with van der Waals surface area (Å²) in [5.74, 6) is -0.165. The molecule has 0 bridgehead atoms. The molecule has 0 spiro atoms. The summed E-state index contributed by atoms with van der Waals surface area (Å²) in [7, 11) is 4.16. The van der Waals surface area contributed by atoms with Gasteiger partial charge in [-0.1, -0.05) is 42.5 Å². The average molecular weight is 398 g/mol. The zero-order valence-electron chi connectivity index (χ0n) is 12.2. The summed E-state index contributed by atoms with van der Waals surface area (Å²) in [5, 5.41) is 4.44. The molecule has 0 radical (unpaired) electrons. The van der Waals surface area contributed by atoms with Gasteiger partial charge in [-0.05, 0) is 29.7 Å². The van der Waals surface area contributed by atoms with Gasteiger partial charge in [0.2, 0.25) is 0 Å². The second kappa shape index (κ2) is 6.85. The largest absolute Gasteiger partial charge is 0.237 e. The molecule has 1 saturated heterocycles. The van der Waals surface area contributed by atoms with Gasteiger partial charge < -0.3 is 0 Å². The molecule has 2 atom stereocenters. The van der Waals surface area contributed by atoms with Crippen LogP contribution in [0, 0.1) is 5.82 Å². The summed E-state index contributed by atoms with van der Waals surface area (Å²) in [5.41, 5.74) is 2.35. The lowest BCUT2D eigenvalue weighted by Gasteiger charge is -2.28. The standard InChI is InChI=1S/C17H19FN2.HI/c1-19-16(13-7-4-3-5-8-13)12-17(20(19)2)14-9-6-10-15(18)11-14;/h3-11,16-17H,12H2,1-2H3;1H. The molecule has 2 aromatic rings. The van der Waals surface area contributed by atoms with Crippen LogP contribution < -0.4 is 0 Å². The fraction of sp³-hybridized carbons (Fsp3) is 0.294. The first-order valence-electron chi connectivity index (χ1n) is 6.93. The molecule has 2 nitrogen and oxygen atoms in total. The second-order valence-corrected chi connectivity index (χ2v) is 5.38. The highest BCUT2D eigenvalue weighted by Gasteiger charge is 2.36. The van der Waals surface area contributed by atoms with E-state index >= 15 is 0 Å². The fourth-order valence-corrected chi connectivity index (χ4v) is 3.05. The van der Waals surface area contributed by atoms with Gasteiger partial charge in [-0.3, -0.25) is 0 Å². The Morgan fingerprint density at radius 1 is 0.857 bits per heavy atom. The third-order valence-corrected chi connectivity index (χ3v) is 4.26. The van der Waals surface area contributed by atoms with Crippen LogP contribution in [0.5, 0.6) is 0 Å². The van der Waals surface area contributed by atoms with Crippen LogP contribution >= 0.6 is 24.0 Å². The topological polar surface area (TPSA) is 6.48 Å². The van der Waals surface area contributed by atoms with Gasteiger partial charge >= 0.3 is 0 Å². The summed E-state index contributed by atoms with van der Waals surface area (Å²) in [4.78, 5) is 0. The quantitative estimate of drug-likeness (QED) is 0.692. The Morgan fingerprint density at radius 3 is 2.05 bits per heavy atom. The number of hydrazine groups is 1. The van der Waals surface area contributed by atoms with Gasteiger partial charge in [0.05, 0.1) is 12.1 Å². The first-order valence-corrected chi connectivity index (χ1v) is 6.93. The maximum absolute atomic E-state index is 13.4. The van der Waals surface area contributed by atoms with E-state index in [0.717, 1.165) is 12.0 Å². The predicted octanol–water partition coefficient (Wildman–Crippen LogP) is 4.41. The molecule has 0 amide bonds. The van der Waals surface area contributed by atoms with Crippen molar-refractivity contribution in [3.05, 3.63) is 71.5 Å². The van der Waals surface area contributed by atoms with E-state index < -0.39 is 0 Å². The highest BCUT2D eigenvalue weighted by molar-refractivity contribution is 14.0. The van der Waals surface area contributed by atoms with Crippen molar-refractivity contribution < 1.29 is 4.39 Å². The molecule has 4 heteroatoms. The SMILES string of the molecule is CN1C(c2ccccc2)CC(c2cccc(F)c2)N1C.I. The highest BCUT2D eigenvalue weighted by Crippen LogP contribution is 2.41. The molecule has 3 rings (SSSR count). The number of rotatable bonds is 2. The molecule has 0 aromatic heterocycles. The van der Waals surface area contributed by atoms with Crippen LogP contribution in [-0.2, 0) is 0 Å². The molecule has 1 heterocycles. The Morgan fingerprint density at radius 2 is 1.43 bits per heavy atom. The molecule has 1 aliphatic heterocycles. The van der Waals surface area contributed by atoms with Crippen molar-refractivity contribution in [2.45, 2.75) is 18.5 Å². The predicted molar refractivity (Wildman–Crippen MR) is 93.9 cm³/mol. The molecule has 0 aliphatic carbocycles. The Balaban J connectivity index is 0.00000161. The van der Waals surface area contributed by atoms with Crippen LogP contribution in [0.1, 0.15) is 29.6 Å². The van der Waals surface area contributed by atoms with Crippen molar-refractivity contribution in [3.63, 3.8) is 0 Å². The Bertz CT molecular complexity index is 590. The van der Waals surface area contributed by atoms with Crippen LogP contribution in [0.25, 0.3) is 0 Å². The van der Waals surface area contributed by atoms with Crippen molar-refractivity contribution in [3.8, 4) is 0 Å². The minimum absolute atomic E-state index is 0. The van der Waals surface area contributed by atoms with Gasteiger partial charge in [-0.25, -0.2) is 14.4 Å². The number of nitrogens with zero attached hydrogens (tertiary/aromatic N) is 2. The van der Waals surface area contributed by atoms with E-state index in [4.69, 9.17) is 0 Å². The minimum Gasteiger partial charge on any atom is -0.237 e. The Hall–Kier alpha value is -0.980. The molecule has 1 aliphatic rings. The van der Waals surface area contributed by atoms with Crippen LogP contribution in [0.4, 0.5) is 4.39 Å². The van der Waals surface area contributed by atoms with Crippen LogP contribution in [0.3, 0.4) is 0 Å². The zero-order chi connectivity index (χ0) is 14.1. The zero-order valence-corrected chi connectivity index (χ0v) is 14.6. The second-order valence-electron chi connectivity index (χ2n) is 5.38. The first-order chi connectivity index (χ1) is 9.66. The molecule has 2 aromatic carbocycles. The van der Waals surface area contributed by atoms with Crippen LogP contribution in [-0.4, -0.2) is 24.1 Å². The van der Waals surface area contributed by atoms with Gasteiger partial charge in [-0.2, -0.15) is 0 Å². The Kier molecular flexibility index (Phi) is 5.35. The van der Waals surface area contributed by atoms with Crippen molar-refractivity contribution in [1.82, 2.24) is 10.0 Å². The molecular weight excluding hydrogens is 378 g/mol. The van der Waals surface area contributed by atoms with E-state index in [9.17, 15) is 4.39 Å². The van der Waals surface area contributed by atoms with Crippen molar-refractivity contribution in [1.29, 1.82) is 0 Å². The molecular formula is C17H20FIN2.